The summed E-state index contributed by atoms with van der Waals surface area (Å²) in [6.45, 7) is 0. The van der Waals surface area contributed by atoms with Crippen LogP contribution in [0.4, 0.5) is 5.69 Å². The van der Waals surface area contributed by atoms with Crippen LogP contribution in [0.15, 0.2) is 36.9 Å². The molecule has 2 heterocycles. The number of aryl methyl sites for hydroxylation is 2. The van der Waals surface area contributed by atoms with Crippen LogP contribution in [-0.4, -0.2) is 15.0 Å². The minimum atomic E-state index is 0.647. The summed E-state index contributed by atoms with van der Waals surface area (Å²) in [4.78, 5) is 12.2. The summed E-state index contributed by atoms with van der Waals surface area (Å²) < 4.78 is 0. The van der Waals surface area contributed by atoms with Gasteiger partial charge in [-0.2, -0.15) is 0 Å². The number of hydrogen-bond acceptors (Lipinski definition) is 4. The molecule has 0 bridgehead atoms. The highest BCUT2D eigenvalue weighted by Crippen LogP contribution is 2.08. The summed E-state index contributed by atoms with van der Waals surface area (Å²) in [5.74, 6) is 0. The molecule has 0 amide bonds. The number of nitrogen functional groups attached to an aromatic ring is 1. The fourth-order valence-corrected chi connectivity index (χ4v) is 1.37. The lowest BCUT2D eigenvalue weighted by Gasteiger charge is -2.02. The van der Waals surface area contributed by atoms with Crippen LogP contribution < -0.4 is 5.73 Å². The van der Waals surface area contributed by atoms with Crippen molar-refractivity contribution in [3.05, 3.63) is 48.3 Å². The van der Waals surface area contributed by atoms with Crippen molar-refractivity contribution in [2.45, 2.75) is 12.8 Å². The summed E-state index contributed by atoms with van der Waals surface area (Å²) in [6, 6.07) is 5.88. The predicted octanol–water partition coefficient (Wildman–Crippen LogP) is 1.24. The van der Waals surface area contributed by atoms with Gasteiger partial charge in [-0.15, -0.1) is 0 Å². The molecule has 0 saturated carbocycles. The molecule has 0 unspecified atom stereocenters. The molecular weight excluding hydrogens is 188 g/mol. The minimum absolute atomic E-state index is 0.647. The van der Waals surface area contributed by atoms with Crippen molar-refractivity contribution in [1.29, 1.82) is 0 Å². The van der Waals surface area contributed by atoms with E-state index in [4.69, 9.17) is 5.73 Å². The second-order valence-electron chi connectivity index (χ2n) is 3.25. The smallest absolute Gasteiger partial charge is 0.115 e. The molecule has 0 aromatic carbocycles. The highest BCUT2D eigenvalue weighted by Gasteiger charge is 2.01. The van der Waals surface area contributed by atoms with Gasteiger partial charge < -0.3 is 5.73 Å². The molecule has 0 spiro atoms. The summed E-state index contributed by atoms with van der Waals surface area (Å²) in [5.41, 5.74) is 8.32. The van der Waals surface area contributed by atoms with E-state index in [1.165, 1.54) is 6.33 Å². The first-order valence-electron chi connectivity index (χ1n) is 4.80. The Balaban J connectivity index is 2.03. The largest absolute Gasteiger partial charge is 0.396 e. The Morgan fingerprint density at radius 3 is 2.80 bits per heavy atom. The van der Waals surface area contributed by atoms with E-state index in [0.717, 1.165) is 24.2 Å². The van der Waals surface area contributed by atoms with E-state index in [-0.39, 0.29) is 0 Å². The van der Waals surface area contributed by atoms with E-state index in [2.05, 4.69) is 15.0 Å². The molecule has 2 aromatic heterocycles. The van der Waals surface area contributed by atoms with Crippen molar-refractivity contribution in [2.75, 3.05) is 5.73 Å². The molecule has 2 rings (SSSR count). The van der Waals surface area contributed by atoms with Crippen LogP contribution >= 0.6 is 0 Å². The maximum Gasteiger partial charge on any atom is 0.115 e. The van der Waals surface area contributed by atoms with E-state index in [0.29, 0.717) is 5.69 Å². The molecule has 15 heavy (non-hydrogen) atoms. The maximum atomic E-state index is 5.74. The van der Waals surface area contributed by atoms with Crippen LogP contribution in [0.25, 0.3) is 0 Å². The van der Waals surface area contributed by atoms with E-state index in [1.807, 2.05) is 18.2 Å². The van der Waals surface area contributed by atoms with Crippen LogP contribution in [0, 0.1) is 0 Å². The van der Waals surface area contributed by atoms with Gasteiger partial charge >= 0.3 is 0 Å². The average Bonchev–Trinajstić information content (AvgIpc) is 2.29. The predicted molar refractivity (Wildman–Crippen MR) is 58.1 cm³/mol. The van der Waals surface area contributed by atoms with E-state index in [9.17, 15) is 0 Å². The van der Waals surface area contributed by atoms with Crippen molar-refractivity contribution < 1.29 is 0 Å². The van der Waals surface area contributed by atoms with Gasteiger partial charge in [0, 0.05) is 11.9 Å². The Hall–Kier alpha value is -1.97. The number of aromatic nitrogens is 3. The van der Waals surface area contributed by atoms with Gasteiger partial charge in [-0.3, -0.25) is 4.98 Å². The highest BCUT2D eigenvalue weighted by atomic mass is 14.9. The maximum absolute atomic E-state index is 5.74. The molecule has 4 heteroatoms. The molecule has 2 N–H and O–H groups in total. The molecular formula is C11H12N4. The average molecular weight is 200 g/mol. The van der Waals surface area contributed by atoms with Crippen molar-refractivity contribution in [3.8, 4) is 0 Å². The van der Waals surface area contributed by atoms with Gasteiger partial charge in [0.2, 0.25) is 0 Å². The Morgan fingerprint density at radius 1 is 1.13 bits per heavy atom. The van der Waals surface area contributed by atoms with Crippen LogP contribution in [-0.2, 0) is 12.8 Å². The number of pyridine rings is 1. The molecule has 0 aliphatic heterocycles. The molecule has 0 aliphatic carbocycles. The number of nitrogens with zero attached hydrogens (tertiary/aromatic N) is 3. The summed E-state index contributed by atoms with van der Waals surface area (Å²) >= 11 is 0. The van der Waals surface area contributed by atoms with Gasteiger partial charge in [0.15, 0.2) is 0 Å². The zero-order valence-electron chi connectivity index (χ0n) is 8.30. The van der Waals surface area contributed by atoms with Gasteiger partial charge in [0.25, 0.3) is 0 Å². The fourth-order valence-electron chi connectivity index (χ4n) is 1.37. The van der Waals surface area contributed by atoms with Crippen LogP contribution in [0.1, 0.15) is 11.4 Å². The van der Waals surface area contributed by atoms with Gasteiger partial charge in [-0.1, -0.05) is 6.07 Å². The Bertz CT molecular complexity index is 428. The van der Waals surface area contributed by atoms with Crippen molar-refractivity contribution >= 4 is 5.69 Å². The van der Waals surface area contributed by atoms with Crippen molar-refractivity contribution in [1.82, 2.24) is 15.0 Å². The van der Waals surface area contributed by atoms with Crippen LogP contribution in [0.5, 0.6) is 0 Å². The molecule has 0 saturated heterocycles. The molecule has 76 valence electrons. The molecule has 0 radical (unpaired) electrons. The first-order chi connectivity index (χ1) is 7.36. The summed E-state index contributed by atoms with van der Waals surface area (Å²) in [5, 5.41) is 0. The molecule has 4 nitrogen and oxygen atoms in total. The fraction of sp³-hybridized carbons (Fsp3) is 0.182. The first-order valence-corrected chi connectivity index (χ1v) is 4.80. The Morgan fingerprint density at radius 2 is 2.07 bits per heavy atom. The van der Waals surface area contributed by atoms with Gasteiger partial charge in [-0.05, 0) is 25.0 Å². The normalized spacial score (nSPS) is 10.1. The lowest BCUT2D eigenvalue weighted by molar-refractivity contribution is 0.874. The SMILES string of the molecule is Nc1cncnc1CCc1ccccn1. The third-order valence-electron chi connectivity index (χ3n) is 2.17. The second kappa shape index (κ2) is 4.50. The van der Waals surface area contributed by atoms with Crippen molar-refractivity contribution in [2.24, 2.45) is 0 Å². The molecule has 0 aliphatic rings. The van der Waals surface area contributed by atoms with Crippen LogP contribution in [0.2, 0.25) is 0 Å². The van der Waals surface area contributed by atoms with E-state index >= 15 is 0 Å². The Kier molecular flexibility index (Phi) is 2.88. The van der Waals surface area contributed by atoms with Crippen molar-refractivity contribution in [3.63, 3.8) is 0 Å². The highest BCUT2D eigenvalue weighted by molar-refractivity contribution is 5.39. The topological polar surface area (TPSA) is 64.7 Å². The van der Waals surface area contributed by atoms with E-state index in [1.54, 1.807) is 12.4 Å². The molecule has 2 aromatic rings. The minimum Gasteiger partial charge on any atom is -0.396 e. The lowest BCUT2D eigenvalue weighted by atomic mass is 10.1. The van der Waals surface area contributed by atoms with Gasteiger partial charge in [0.1, 0.15) is 6.33 Å². The number of nitrogens with two attached hydrogens (primary N) is 1. The number of anilines is 1. The number of hydrogen-bond donors (Lipinski definition) is 1. The summed E-state index contributed by atoms with van der Waals surface area (Å²) in [6.07, 6.45) is 6.58. The van der Waals surface area contributed by atoms with Crippen LogP contribution in [0.3, 0.4) is 0 Å². The third kappa shape index (κ3) is 2.49. The molecule has 0 atom stereocenters. The van der Waals surface area contributed by atoms with E-state index < -0.39 is 0 Å². The quantitative estimate of drug-likeness (QED) is 0.809. The Labute approximate surface area is 88.2 Å². The third-order valence-corrected chi connectivity index (χ3v) is 2.17. The number of rotatable bonds is 3. The standard InChI is InChI=1S/C11H12N4/c12-10-7-13-8-15-11(10)5-4-9-3-1-2-6-14-9/h1-3,6-8H,4-5,12H2. The monoisotopic (exact) mass is 200 g/mol. The molecule has 0 fully saturated rings. The zero-order chi connectivity index (χ0) is 10.5. The first kappa shape index (κ1) is 9.58. The zero-order valence-corrected chi connectivity index (χ0v) is 8.30. The second-order valence-corrected chi connectivity index (χ2v) is 3.25. The van der Waals surface area contributed by atoms with Gasteiger partial charge in [0.05, 0.1) is 17.6 Å². The summed E-state index contributed by atoms with van der Waals surface area (Å²) in [7, 11) is 0. The van der Waals surface area contributed by atoms with Gasteiger partial charge in [-0.25, -0.2) is 9.97 Å². The lowest BCUT2D eigenvalue weighted by Crippen LogP contribution is -2.01.